The van der Waals surface area contributed by atoms with Gasteiger partial charge < -0.3 is 9.13 Å². The van der Waals surface area contributed by atoms with Crippen molar-refractivity contribution in [3.63, 3.8) is 0 Å². The van der Waals surface area contributed by atoms with Crippen molar-refractivity contribution in [2.45, 2.75) is 0 Å². The molecular formula is C47H30N8. The summed E-state index contributed by atoms with van der Waals surface area (Å²) in [6, 6.07) is 55.4. The largest absolute Gasteiger partial charge is 0.334 e. The zero-order chi connectivity index (χ0) is 36.2. The lowest BCUT2D eigenvalue weighted by atomic mass is 10.1. The number of rotatable bonds is 4. The van der Waals surface area contributed by atoms with Crippen molar-refractivity contribution >= 4 is 76.5 Å². The molecule has 0 aliphatic rings. The molecule has 12 rings (SSSR count). The van der Waals surface area contributed by atoms with E-state index >= 15 is 0 Å². The maximum atomic E-state index is 5.43. The third kappa shape index (κ3) is 4.21. The van der Waals surface area contributed by atoms with Crippen molar-refractivity contribution in [3.05, 3.63) is 164 Å². The lowest BCUT2D eigenvalue weighted by molar-refractivity contribution is 0.893. The third-order valence-corrected chi connectivity index (χ3v) is 11.1. The summed E-state index contributed by atoms with van der Waals surface area (Å²) in [6.07, 6.45) is 1.87. The van der Waals surface area contributed by atoms with E-state index in [9.17, 15) is 0 Å². The maximum absolute atomic E-state index is 5.43. The molecule has 0 amide bonds. The van der Waals surface area contributed by atoms with Crippen molar-refractivity contribution in [2.24, 2.45) is 7.05 Å². The van der Waals surface area contributed by atoms with Crippen LogP contribution in [0.3, 0.4) is 0 Å². The molecule has 0 saturated carbocycles. The van der Waals surface area contributed by atoms with Crippen molar-refractivity contribution in [1.82, 2.24) is 38.2 Å². The molecule has 5 aromatic heterocycles. The van der Waals surface area contributed by atoms with Crippen LogP contribution in [0.25, 0.3) is 105 Å². The summed E-state index contributed by atoms with van der Waals surface area (Å²) in [5.41, 5.74) is 10.3. The fourth-order valence-corrected chi connectivity index (χ4v) is 8.65. The molecule has 8 nitrogen and oxygen atoms in total. The van der Waals surface area contributed by atoms with Gasteiger partial charge in [0.1, 0.15) is 0 Å². The number of aromatic nitrogens is 8. The van der Waals surface area contributed by atoms with Gasteiger partial charge in [0.25, 0.3) is 0 Å². The predicted molar refractivity (Wildman–Crippen MR) is 223 cm³/mol. The first-order valence-electron chi connectivity index (χ1n) is 18.4. The van der Waals surface area contributed by atoms with E-state index < -0.39 is 0 Å². The molecule has 0 radical (unpaired) electrons. The van der Waals surface area contributed by atoms with Crippen LogP contribution >= 0.6 is 0 Å². The lowest BCUT2D eigenvalue weighted by Gasteiger charge is -2.14. The molecule has 0 spiro atoms. The number of aryl methyl sites for hydroxylation is 1. The first-order valence-corrected chi connectivity index (χ1v) is 18.4. The number of fused-ring (bicyclic) bond motifs is 11. The van der Waals surface area contributed by atoms with E-state index in [-0.39, 0.29) is 0 Å². The molecule has 55 heavy (non-hydrogen) atoms. The molecular weight excluding hydrogens is 677 g/mol. The molecule has 5 heterocycles. The van der Waals surface area contributed by atoms with Crippen LogP contribution in [0.15, 0.2) is 164 Å². The molecule has 7 aromatic carbocycles. The Morgan fingerprint density at radius 1 is 0.400 bits per heavy atom. The zero-order valence-electron chi connectivity index (χ0n) is 29.7. The molecule has 0 bridgehead atoms. The summed E-state index contributed by atoms with van der Waals surface area (Å²) in [5.74, 6) is 1.70. The number of imidazole rings is 1. The van der Waals surface area contributed by atoms with Crippen LogP contribution in [-0.2, 0) is 7.05 Å². The van der Waals surface area contributed by atoms with Crippen molar-refractivity contribution in [3.8, 4) is 29.0 Å². The average Bonchev–Trinajstić information content (AvgIpc) is 3.98. The van der Waals surface area contributed by atoms with Crippen molar-refractivity contribution < 1.29 is 0 Å². The van der Waals surface area contributed by atoms with E-state index in [4.69, 9.17) is 19.9 Å². The van der Waals surface area contributed by atoms with Crippen LogP contribution in [0.1, 0.15) is 0 Å². The molecule has 0 atom stereocenters. The monoisotopic (exact) mass is 706 g/mol. The molecule has 0 aliphatic heterocycles. The normalized spacial score (nSPS) is 12.1. The SMILES string of the molecule is Cn1cnc2cc(-n3c4ccccc4c4ccc5c6ccccc6n(-c6nc(-c7ccccc7)nc(-n7c8ccccc8c8ccccc87)n6)c5c43)ccc21. The average molecular weight is 707 g/mol. The number of para-hydroxylation sites is 4. The second kappa shape index (κ2) is 11.2. The van der Waals surface area contributed by atoms with E-state index in [0.29, 0.717) is 17.7 Å². The Labute approximate surface area is 313 Å². The Bertz CT molecular complexity index is 3460. The van der Waals surface area contributed by atoms with Crippen LogP contribution in [0.4, 0.5) is 0 Å². The predicted octanol–water partition coefficient (Wildman–Crippen LogP) is 10.7. The fraction of sp³-hybridized carbons (Fsp3) is 0.0213. The van der Waals surface area contributed by atoms with Gasteiger partial charge >= 0.3 is 0 Å². The molecule has 0 saturated heterocycles. The Balaban J connectivity index is 1.25. The Morgan fingerprint density at radius 3 is 1.51 bits per heavy atom. The number of hydrogen-bond acceptors (Lipinski definition) is 4. The summed E-state index contributed by atoms with van der Waals surface area (Å²) in [6.45, 7) is 0. The highest BCUT2D eigenvalue weighted by molar-refractivity contribution is 6.23. The van der Waals surface area contributed by atoms with Crippen LogP contribution in [0.5, 0.6) is 0 Å². The van der Waals surface area contributed by atoms with Gasteiger partial charge in [0.05, 0.1) is 50.5 Å². The molecule has 0 N–H and O–H groups in total. The highest BCUT2D eigenvalue weighted by atomic mass is 15.3. The van der Waals surface area contributed by atoms with E-state index in [1.165, 1.54) is 5.39 Å². The van der Waals surface area contributed by atoms with Gasteiger partial charge in [0.15, 0.2) is 5.82 Å². The maximum Gasteiger partial charge on any atom is 0.240 e. The molecule has 0 fully saturated rings. The second-order valence-electron chi connectivity index (χ2n) is 14.1. The zero-order valence-corrected chi connectivity index (χ0v) is 29.7. The first-order chi connectivity index (χ1) is 27.2. The topological polar surface area (TPSA) is 71.3 Å². The minimum absolute atomic E-state index is 0.543. The van der Waals surface area contributed by atoms with E-state index in [0.717, 1.165) is 82.3 Å². The minimum atomic E-state index is 0.543. The summed E-state index contributed by atoms with van der Waals surface area (Å²) >= 11 is 0. The van der Waals surface area contributed by atoms with Gasteiger partial charge in [-0.1, -0.05) is 115 Å². The summed E-state index contributed by atoms with van der Waals surface area (Å²) in [7, 11) is 2.03. The van der Waals surface area contributed by atoms with Gasteiger partial charge in [-0.05, 0) is 42.5 Å². The van der Waals surface area contributed by atoms with Crippen molar-refractivity contribution in [2.75, 3.05) is 0 Å². The van der Waals surface area contributed by atoms with Crippen molar-refractivity contribution in [1.29, 1.82) is 0 Å². The quantitative estimate of drug-likeness (QED) is 0.183. The number of nitrogens with zero attached hydrogens (tertiary/aromatic N) is 8. The highest BCUT2D eigenvalue weighted by Gasteiger charge is 2.24. The van der Waals surface area contributed by atoms with Gasteiger partial charge in [0.2, 0.25) is 11.9 Å². The highest BCUT2D eigenvalue weighted by Crippen LogP contribution is 2.42. The summed E-state index contributed by atoms with van der Waals surface area (Å²) in [5, 5.41) is 6.85. The Hall–Kier alpha value is -7.58. The third-order valence-electron chi connectivity index (χ3n) is 11.1. The summed E-state index contributed by atoms with van der Waals surface area (Å²) in [4.78, 5) is 20.7. The fourth-order valence-electron chi connectivity index (χ4n) is 8.65. The number of benzene rings is 7. The van der Waals surface area contributed by atoms with Gasteiger partial charge in [-0.2, -0.15) is 15.0 Å². The van der Waals surface area contributed by atoms with E-state index in [1.807, 2.05) is 31.6 Å². The van der Waals surface area contributed by atoms with Gasteiger partial charge in [-0.15, -0.1) is 0 Å². The van der Waals surface area contributed by atoms with Crippen LogP contribution in [0, 0.1) is 0 Å². The molecule has 12 aromatic rings. The van der Waals surface area contributed by atoms with E-state index in [1.54, 1.807) is 0 Å². The van der Waals surface area contributed by atoms with E-state index in [2.05, 4.69) is 158 Å². The molecule has 8 heteroatoms. The minimum Gasteiger partial charge on any atom is -0.334 e. The van der Waals surface area contributed by atoms with Crippen LogP contribution in [-0.4, -0.2) is 38.2 Å². The molecule has 0 unspecified atom stereocenters. The first kappa shape index (κ1) is 29.9. The summed E-state index contributed by atoms with van der Waals surface area (Å²) < 4.78 is 8.85. The smallest absolute Gasteiger partial charge is 0.240 e. The van der Waals surface area contributed by atoms with Crippen LogP contribution in [0.2, 0.25) is 0 Å². The number of hydrogen-bond donors (Lipinski definition) is 0. The Kier molecular flexibility index (Phi) is 6.10. The standard InChI is InChI=1S/C47H30N8/c1-52-28-48-37-27-30(23-26-42(37)52)53-38-19-9-7-17-33(38)35-24-25-36-34-18-8-12-22-41(34)55(44(36)43(35)53)47-50-45(29-13-3-2-4-14-29)49-46(51-47)54-39-20-10-5-15-31(39)32-16-6-11-21-40(32)54/h2-28H,1H3. The second-order valence-corrected chi connectivity index (χ2v) is 14.1. The molecule has 0 aliphatic carbocycles. The Morgan fingerprint density at radius 2 is 0.891 bits per heavy atom. The molecule has 258 valence electrons. The van der Waals surface area contributed by atoms with Crippen LogP contribution < -0.4 is 0 Å². The van der Waals surface area contributed by atoms with Gasteiger partial charge in [-0.25, -0.2) is 4.98 Å². The van der Waals surface area contributed by atoms with Gasteiger partial charge in [0, 0.05) is 50.6 Å². The van der Waals surface area contributed by atoms with Gasteiger partial charge in [-0.3, -0.25) is 9.13 Å². The lowest BCUT2D eigenvalue weighted by Crippen LogP contribution is -2.10.